The molecular formula is C32H35N3O5S. The van der Waals surface area contributed by atoms with E-state index in [9.17, 15) is 14.4 Å². The number of rotatable bonds is 8. The number of benzene rings is 2. The van der Waals surface area contributed by atoms with Gasteiger partial charge in [-0.25, -0.2) is 9.79 Å². The normalized spacial score (nSPS) is 20.3. The molecule has 2 atom stereocenters. The molecule has 41 heavy (non-hydrogen) atoms. The number of allylic oxidation sites excluding steroid dienone is 1. The van der Waals surface area contributed by atoms with Gasteiger partial charge < -0.3 is 19.3 Å². The zero-order valence-corrected chi connectivity index (χ0v) is 24.5. The standard InChI is InChI=1S/C32H35N3O5S/c1-4-39-30(37)24-14-10-16-34(18-24)27(36)17-25-20-41-32-33-22(3)28(31(38)40-19-23-12-6-5-7-13-23)29(35(25)32)26-15-9-8-11-21(26)2/h5-9,11-13,15,20,24,29H,4,10,14,16-19H2,1-3H3. The van der Waals surface area contributed by atoms with Crippen molar-refractivity contribution in [3.8, 4) is 0 Å². The molecule has 2 aromatic rings. The van der Waals surface area contributed by atoms with Crippen LogP contribution in [-0.2, 0) is 30.5 Å². The smallest absolute Gasteiger partial charge is 0.338 e. The van der Waals surface area contributed by atoms with Crippen LogP contribution in [-0.4, -0.2) is 52.5 Å². The molecule has 3 aliphatic rings. The van der Waals surface area contributed by atoms with Crippen molar-refractivity contribution in [1.82, 2.24) is 9.80 Å². The second-order valence-electron chi connectivity index (χ2n) is 10.4. The van der Waals surface area contributed by atoms with Crippen molar-refractivity contribution in [2.45, 2.75) is 52.7 Å². The van der Waals surface area contributed by atoms with Gasteiger partial charge in [-0.1, -0.05) is 66.4 Å². The van der Waals surface area contributed by atoms with E-state index in [0.717, 1.165) is 40.4 Å². The summed E-state index contributed by atoms with van der Waals surface area (Å²) in [4.78, 5) is 48.1. The summed E-state index contributed by atoms with van der Waals surface area (Å²) in [6, 6.07) is 17.0. The van der Waals surface area contributed by atoms with Crippen molar-refractivity contribution in [2.24, 2.45) is 10.9 Å². The SMILES string of the molecule is CCOC(=O)C1CCCN(C(=O)CC2=CSC3=NC(C)=C(C(=O)OCc4ccccc4)C(c4ccccc4C)N23)C1. The highest BCUT2D eigenvalue weighted by Gasteiger charge is 2.42. The summed E-state index contributed by atoms with van der Waals surface area (Å²) in [6.07, 6.45) is 1.61. The van der Waals surface area contributed by atoms with Crippen LogP contribution in [0.3, 0.4) is 0 Å². The maximum absolute atomic E-state index is 13.7. The van der Waals surface area contributed by atoms with Gasteiger partial charge in [-0.2, -0.15) is 0 Å². The quantitative estimate of drug-likeness (QED) is 0.385. The van der Waals surface area contributed by atoms with Gasteiger partial charge in [0.25, 0.3) is 0 Å². The van der Waals surface area contributed by atoms with Gasteiger partial charge in [0, 0.05) is 18.8 Å². The van der Waals surface area contributed by atoms with Crippen molar-refractivity contribution in [3.05, 3.63) is 93.7 Å². The molecule has 0 radical (unpaired) electrons. The molecule has 214 valence electrons. The fourth-order valence-electron chi connectivity index (χ4n) is 5.54. The number of hydrogen-bond donors (Lipinski definition) is 0. The van der Waals surface area contributed by atoms with Crippen LogP contribution in [0.2, 0.25) is 0 Å². The molecule has 0 aliphatic carbocycles. The lowest BCUT2D eigenvalue weighted by atomic mass is 9.91. The Bertz CT molecular complexity index is 1420. The third-order valence-electron chi connectivity index (χ3n) is 7.64. The van der Waals surface area contributed by atoms with Crippen LogP contribution in [0.4, 0.5) is 0 Å². The minimum absolute atomic E-state index is 0.0601. The second-order valence-corrected chi connectivity index (χ2v) is 11.3. The number of likely N-dealkylation sites (tertiary alicyclic amines) is 1. The molecule has 0 saturated carbocycles. The first kappa shape index (κ1) is 28.7. The number of ether oxygens (including phenoxy) is 2. The minimum atomic E-state index is -0.491. The van der Waals surface area contributed by atoms with Crippen LogP contribution >= 0.6 is 11.8 Å². The second kappa shape index (κ2) is 12.8. The Kier molecular flexibility index (Phi) is 8.93. The molecule has 3 aliphatic heterocycles. The number of amides is 1. The van der Waals surface area contributed by atoms with E-state index in [4.69, 9.17) is 14.5 Å². The van der Waals surface area contributed by atoms with E-state index >= 15 is 0 Å². The van der Waals surface area contributed by atoms with Crippen LogP contribution in [0.1, 0.15) is 55.8 Å². The number of carbonyl (C=O) groups is 3. The third kappa shape index (κ3) is 6.25. The molecule has 3 heterocycles. The molecule has 2 aromatic carbocycles. The van der Waals surface area contributed by atoms with E-state index in [1.54, 1.807) is 11.8 Å². The maximum atomic E-state index is 13.7. The first-order valence-electron chi connectivity index (χ1n) is 14.0. The molecule has 0 aromatic heterocycles. The Morgan fingerprint density at radius 1 is 1.02 bits per heavy atom. The number of fused-ring (bicyclic) bond motifs is 1. The Morgan fingerprint density at radius 2 is 1.78 bits per heavy atom. The molecule has 1 saturated heterocycles. The molecule has 1 fully saturated rings. The lowest BCUT2D eigenvalue weighted by Gasteiger charge is -2.38. The van der Waals surface area contributed by atoms with E-state index in [2.05, 4.69) is 0 Å². The highest BCUT2D eigenvalue weighted by atomic mass is 32.2. The Labute approximate surface area is 245 Å². The summed E-state index contributed by atoms with van der Waals surface area (Å²) in [5.41, 5.74) is 4.70. The van der Waals surface area contributed by atoms with Crippen LogP contribution in [0.5, 0.6) is 0 Å². The van der Waals surface area contributed by atoms with Crippen molar-refractivity contribution in [2.75, 3.05) is 19.7 Å². The van der Waals surface area contributed by atoms with Crippen molar-refractivity contribution in [3.63, 3.8) is 0 Å². The van der Waals surface area contributed by atoms with Gasteiger partial charge in [-0.15, -0.1) is 0 Å². The lowest BCUT2D eigenvalue weighted by molar-refractivity contribution is -0.151. The number of carbonyl (C=O) groups excluding carboxylic acids is 3. The molecule has 0 spiro atoms. The van der Waals surface area contributed by atoms with E-state index in [-0.39, 0.29) is 30.8 Å². The highest BCUT2D eigenvalue weighted by molar-refractivity contribution is 8.16. The number of esters is 2. The van der Waals surface area contributed by atoms with Gasteiger partial charge in [0.05, 0.1) is 36.3 Å². The average molecular weight is 574 g/mol. The van der Waals surface area contributed by atoms with Crippen molar-refractivity contribution >= 4 is 34.8 Å². The number of hydrogen-bond acceptors (Lipinski definition) is 8. The third-order valence-corrected chi connectivity index (χ3v) is 8.53. The number of aryl methyl sites for hydroxylation is 1. The van der Waals surface area contributed by atoms with Crippen LogP contribution in [0.15, 0.2) is 82.0 Å². The first-order chi connectivity index (χ1) is 19.9. The molecule has 1 amide bonds. The highest BCUT2D eigenvalue weighted by Crippen LogP contribution is 2.45. The van der Waals surface area contributed by atoms with E-state index in [0.29, 0.717) is 31.0 Å². The topological polar surface area (TPSA) is 88.5 Å². The average Bonchev–Trinajstić information content (AvgIpc) is 3.38. The van der Waals surface area contributed by atoms with Crippen molar-refractivity contribution in [1.29, 1.82) is 0 Å². The molecule has 2 unspecified atom stereocenters. The largest absolute Gasteiger partial charge is 0.466 e. The number of amidine groups is 1. The molecular weight excluding hydrogens is 538 g/mol. The fraction of sp³-hybridized carbons (Fsp3) is 0.375. The summed E-state index contributed by atoms with van der Waals surface area (Å²) < 4.78 is 11.0. The van der Waals surface area contributed by atoms with E-state index in [1.807, 2.05) is 78.8 Å². The summed E-state index contributed by atoms with van der Waals surface area (Å²) >= 11 is 1.45. The zero-order valence-electron chi connectivity index (χ0n) is 23.7. The summed E-state index contributed by atoms with van der Waals surface area (Å²) in [6.45, 7) is 7.08. The molecule has 0 bridgehead atoms. The summed E-state index contributed by atoms with van der Waals surface area (Å²) in [5.74, 6) is -1.04. The van der Waals surface area contributed by atoms with Crippen LogP contribution < -0.4 is 0 Å². The lowest BCUT2D eigenvalue weighted by Crippen LogP contribution is -2.44. The Balaban J connectivity index is 1.40. The zero-order chi connectivity index (χ0) is 28.9. The number of piperidine rings is 1. The first-order valence-corrected chi connectivity index (χ1v) is 14.9. The van der Waals surface area contributed by atoms with Gasteiger partial charge >= 0.3 is 11.9 Å². The van der Waals surface area contributed by atoms with Gasteiger partial charge in [-0.3, -0.25) is 9.59 Å². The molecule has 8 nitrogen and oxygen atoms in total. The maximum Gasteiger partial charge on any atom is 0.338 e. The van der Waals surface area contributed by atoms with E-state index in [1.165, 1.54) is 11.8 Å². The van der Waals surface area contributed by atoms with Gasteiger partial charge in [0.15, 0.2) is 5.17 Å². The molecule has 9 heteroatoms. The van der Waals surface area contributed by atoms with Crippen molar-refractivity contribution < 1.29 is 23.9 Å². The number of aliphatic imine (C=N–C) groups is 1. The minimum Gasteiger partial charge on any atom is -0.466 e. The predicted octanol–water partition coefficient (Wildman–Crippen LogP) is 5.51. The van der Waals surface area contributed by atoms with Gasteiger partial charge in [-0.05, 0) is 55.7 Å². The molecule has 0 N–H and O–H groups in total. The van der Waals surface area contributed by atoms with Gasteiger partial charge in [0.2, 0.25) is 5.91 Å². The van der Waals surface area contributed by atoms with Crippen LogP contribution in [0.25, 0.3) is 0 Å². The summed E-state index contributed by atoms with van der Waals surface area (Å²) in [5, 5.41) is 2.67. The number of nitrogens with zero attached hydrogens (tertiary/aromatic N) is 3. The number of thioether (sulfide) groups is 1. The molecule has 5 rings (SSSR count). The van der Waals surface area contributed by atoms with E-state index < -0.39 is 12.0 Å². The predicted molar refractivity (Wildman–Crippen MR) is 158 cm³/mol. The fourth-order valence-corrected chi connectivity index (χ4v) is 6.51. The van der Waals surface area contributed by atoms with Crippen LogP contribution in [0, 0.1) is 12.8 Å². The Hall–Kier alpha value is -3.85. The summed E-state index contributed by atoms with van der Waals surface area (Å²) in [7, 11) is 0. The van der Waals surface area contributed by atoms with Gasteiger partial charge in [0.1, 0.15) is 6.61 Å². The Morgan fingerprint density at radius 3 is 2.54 bits per heavy atom. The monoisotopic (exact) mass is 573 g/mol.